The Balaban J connectivity index is 1.41. The molecule has 1 aromatic carbocycles. The van der Waals surface area contributed by atoms with Crippen LogP contribution in [0.5, 0.6) is 0 Å². The number of nitrogens with zero attached hydrogens (tertiary/aromatic N) is 4. The van der Waals surface area contributed by atoms with Crippen LogP contribution in [0.4, 0.5) is 0 Å². The Labute approximate surface area is 164 Å². The Morgan fingerprint density at radius 3 is 2.70 bits per heavy atom. The predicted molar refractivity (Wildman–Crippen MR) is 106 cm³/mol. The van der Waals surface area contributed by atoms with Crippen molar-refractivity contribution in [2.75, 3.05) is 45.1 Å². The van der Waals surface area contributed by atoms with E-state index >= 15 is 0 Å². The van der Waals surface area contributed by atoms with Gasteiger partial charge in [0.05, 0.1) is 13.2 Å². The lowest BCUT2D eigenvalue weighted by Crippen LogP contribution is -2.37. The molecule has 1 saturated heterocycles. The van der Waals surface area contributed by atoms with Crippen molar-refractivity contribution in [1.29, 1.82) is 0 Å². The Bertz CT molecular complexity index is 741. The zero-order chi connectivity index (χ0) is 19.1. The van der Waals surface area contributed by atoms with Crippen LogP contribution >= 0.6 is 11.8 Å². The van der Waals surface area contributed by atoms with Gasteiger partial charge in [-0.25, -0.2) is 0 Å². The van der Waals surface area contributed by atoms with Gasteiger partial charge in [-0.15, -0.1) is 10.2 Å². The zero-order valence-electron chi connectivity index (χ0n) is 16.0. The van der Waals surface area contributed by atoms with Crippen LogP contribution in [0, 0.1) is 6.92 Å². The number of nitrogens with one attached hydrogen (secondary N) is 1. The van der Waals surface area contributed by atoms with Crippen LogP contribution in [0.2, 0.25) is 0 Å². The molecular formula is C19H27N5O2S. The monoisotopic (exact) mass is 389 g/mol. The number of benzene rings is 1. The van der Waals surface area contributed by atoms with E-state index in [2.05, 4.69) is 20.4 Å². The van der Waals surface area contributed by atoms with Crippen LogP contribution in [0.25, 0.3) is 0 Å². The van der Waals surface area contributed by atoms with Crippen LogP contribution < -0.4 is 5.32 Å². The molecule has 27 heavy (non-hydrogen) atoms. The molecule has 3 rings (SSSR count). The molecule has 7 nitrogen and oxygen atoms in total. The molecule has 0 saturated carbocycles. The topological polar surface area (TPSA) is 72.3 Å². The average molecular weight is 390 g/mol. The summed E-state index contributed by atoms with van der Waals surface area (Å²) < 4.78 is 7.39. The highest BCUT2D eigenvalue weighted by atomic mass is 32.2. The number of ether oxygens (including phenoxy) is 1. The highest BCUT2D eigenvalue weighted by Crippen LogP contribution is 2.16. The number of aromatic nitrogens is 3. The fourth-order valence-corrected chi connectivity index (χ4v) is 3.80. The van der Waals surface area contributed by atoms with E-state index in [0.717, 1.165) is 55.1 Å². The molecule has 2 aromatic rings. The average Bonchev–Trinajstić information content (AvgIpc) is 3.03. The maximum absolute atomic E-state index is 12.2. The molecule has 0 radical (unpaired) electrons. The molecule has 8 heteroatoms. The number of amides is 1. The summed E-state index contributed by atoms with van der Waals surface area (Å²) in [6, 6.07) is 7.57. The Morgan fingerprint density at radius 2 is 1.96 bits per heavy atom. The van der Waals surface area contributed by atoms with Crippen LogP contribution in [-0.2, 0) is 18.2 Å². The number of hydrogen-bond acceptors (Lipinski definition) is 6. The van der Waals surface area contributed by atoms with Crippen molar-refractivity contribution in [3.63, 3.8) is 0 Å². The van der Waals surface area contributed by atoms with E-state index in [1.54, 1.807) is 11.8 Å². The third-order valence-electron chi connectivity index (χ3n) is 4.62. The molecule has 2 heterocycles. The van der Waals surface area contributed by atoms with Crippen molar-refractivity contribution < 1.29 is 9.53 Å². The van der Waals surface area contributed by atoms with Crippen molar-refractivity contribution in [3.05, 3.63) is 41.2 Å². The lowest BCUT2D eigenvalue weighted by molar-refractivity contribution is 0.0410. The van der Waals surface area contributed by atoms with E-state index in [0.29, 0.717) is 18.5 Å². The number of aryl methyl sites for hydroxylation is 1. The van der Waals surface area contributed by atoms with E-state index in [1.165, 1.54) is 0 Å². The highest BCUT2D eigenvalue weighted by molar-refractivity contribution is 7.99. The van der Waals surface area contributed by atoms with Crippen molar-refractivity contribution >= 4 is 17.7 Å². The first kappa shape index (κ1) is 19.9. The first-order valence-corrected chi connectivity index (χ1v) is 10.3. The second-order valence-electron chi connectivity index (χ2n) is 6.63. The second-order valence-corrected chi connectivity index (χ2v) is 7.69. The summed E-state index contributed by atoms with van der Waals surface area (Å²) in [5.74, 6) is 1.81. The molecule has 0 bridgehead atoms. The molecule has 1 fully saturated rings. The maximum atomic E-state index is 12.2. The molecule has 146 valence electrons. The minimum Gasteiger partial charge on any atom is -0.379 e. The first-order chi connectivity index (χ1) is 13.1. The van der Waals surface area contributed by atoms with Gasteiger partial charge in [-0.1, -0.05) is 29.5 Å². The van der Waals surface area contributed by atoms with Crippen LogP contribution in [0.3, 0.4) is 0 Å². The van der Waals surface area contributed by atoms with Gasteiger partial charge in [-0.3, -0.25) is 9.69 Å². The summed E-state index contributed by atoms with van der Waals surface area (Å²) >= 11 is 1.72. The van der Waals surface area contributed by atoms with Crippen molar-refractivity contribution in [1.82, 2.24) is 25.0 Å². The Kier molecular flexibility index (Phi) is 7.25. The Hall–Kier alpha value is -1.90. The van der Waals surface area contributed by atoms with Crippen LogP contribution in [0.1, 0.15) is 21.7 Å². The molecule has 1 N–H and O–H groups in total. The summed E-state index contributed by atoms with van der Waals surface area (Å²) in [4.78, 5) is 14.6. The van der Waals surface area contributed by atoms with Crippen molar-refractivity contribution in [2.45, 2.75) is 18.5 Å². The number of rotatable bonds is 8. The molecule has 0 spiro atoms. The summed E-state index contributed by atoms with van der Waals surface area (Å²) in [6.45, 7) is 7.24. The summed E-state index contributed by atoms with van der Waals surface area (Å²) in [7, 11) is 1.98. The van der Waals surface area contributed by atoms with E-state index in [9.17, 15) is 4.79 Å². The minimum atomic E-state index is -0.0581. The third-order valence-corrected chi connectivity index (χ3v) is 5.62. The van der Waals surface area contributed by atoms with Gasteiger partial charge in [-0.05, 0) is 19.1 Å². The van der Waals surface area contributed by atoms with Crippen LogP contribution in [-0.4, -0.2) is 70.7 Å². The molecule has 0 unspecified atom stereocenters. The lowest BCUT2D eigenvalue weighted by atomic mass is 10.1. The highest BCUT2D eigenvalue weighted by Gasteiger charge is 2.13. The largest absolute Gasteiger partial charge is 0.379 e. The van der Waals surface area contributed by atoms with E-state index in [1.807, 2.05) is 42.8 Å². The summed E-state index contributed by atoms with van der Waals surface area (Å²) in [5, 5.41) is 12.4. The van der Waals surface area contributed by atoms with Gasteiger partial charge in [-0.2, -0.15) is 0 Å². The van der Waals surface area contributed by atoms with Gasteiger partial charge in [0.2, 0.25) is 0 Å². The van der Waals surface area contributed by atoms with Crippen molar-refractivity contribution in [3.8, 4) is 0 Å². The summed E-state index contributed by atoms with van der Waals surface area (Å²) in [5.41, 5.74) is 1.82. The SMILES string of the molecule is Cc1ccc(C(=O)NCCc2nnc(SCCN3CCOCC3)n2C)cc1. The molecule has 1 aliphatic heterocycles. The van der Waals surface area contributed by atoms with Gasteiger partial charge in [0.1, 0.15) is 5.82 Å². The van der Waals surface area contributed by atoms with Gasteiger partial charge >= 0.3 is 0 Å². The van der Waals surface area contributed by atoms with Gasteiger partial charge in [0.15, 0.2) is 5.16 Å². The van der Waals surface area contributed by atoms with Gasteiger partial charge in [0.25, 0.3) is 5.91 Å². The normalized spacial score (nSPS) is 15.0. The van der Waals surface area contributed by atoms with E-state index < -0.39 is 0 Å². The maximum Gasteiger partial charge on any atom is 0.251 e. The standard InChI is InChI=1S/C19H27N5O2S/c1-15-3-5-16(6-4-15)18(25)20-8-7-17-21-22-19(23(17)2)27-14-11-24-9-12-26-13-10-24/h3-6H,7-14H2,1-2H3,(H,20,25). The van der Waals surface area contributed by atoms with Gasteiger partial charge in [0, 0.05) is 51.0 Å². The summed E-state index contributed by atoms with van der Waals surface area (Å²) in [6.07, 6.45) is 0.658. The minimum absolute atomic E-state index is 0.0581. The smallest absolute Gasteiger partial charge is 0.251 e. The van der Waals surface area contributed by atoms with Crippen molar-refractivity contribution in [2.24, 2.45) is 7.05 Å². The Morgan fingerprint density at radius 1 is 1.22 bits per heavy atom. The molecule has 1 aromatic heterocycles. The fourth-order valence-electron chi connectivity index (χ4n) is 2.87. The third kappa shape index (κ3) is 5.79. The quantitative estimate of drug-likeness (QED) is 0.690. The van der Waals surface area contributed by atoms with E-state index in [-0.39, 0.29) is 5.91 Å². The molecular weight excluding hydrogens is 362 g/mol. The molecule has 0 atom stereocenters. The second kappa shape index (κ2) is 9.87. The first-order valence-electron chi connectivity index (χ1n) is 9.29. The molecule has 1 aliphatic rings. The predicted octanol–water partition coefficient (Wildman–Crippen LogP) is 1.52. The molecule has 0 aliphatic carbocycles. The number of thioether (sulfide) groups is 1. The number of morpholine rings is 1. The fraction of sp³-hybridized carbons (Fsp3) is 0.526. The number of hydrogen-bond donors (Lipinski definition) is 1. The van der Waals surface area contributed by atoms with E-state index in [4.69, 9.17) is 4.74 Å². The zero-order valence-corrected chi connectivity index (χ0v) is 16.8. The van der Waals surface area contributed by atoms with Crippen LogP contribution in [0.15, 0.2) is 29.4 Å². The molecule has 1 amide bonds. The lowest BCUT2D eigenvalue weighted by Gasteiger charge is -2.26. The number of carbonyl (C=O) groups is 1. The van der Waals surface area contributed by atoms with Gasteiger partial charge < -0.3 is 14.6 Å². The number of carbonyl (C=O) groups excluding carboxylic acids is 1.